The summed E-state index contributed by atoms with van der Waals surface area (Å²) in [6.07, 6.45) is 0.258. The molecule has 5 N–H and O–H groups in total. The van der Waals surface area contributed by atoms with Crippen LogP contribution in [-0.4, -0.2) is 84.9 Å². The molecule has 0 aliphatic heterocycles. The molecule has 11 heteroatoms. The number of ether oxygens (including phenoxy) is 1. The second kappa shape index (κ2) is 18.7. The number of fused-ring (bicyclic) bond motifs is 3. The van der Waals surface area contributed by atoms with Gasteiger partial charge in [-0.15, -0.1) is 0 Å². The number of carboxylic acids is 1. The molecule has 2 aromatic carbocycles. The Kier molecular flexibility index (Phi) is 15.1. The molecule has 1 amide bonds. The summed E-state index contributed by atoms with van der Waals surface area (Å²) in [5.74, 6) is -1.74. The summed E-state index contributed by atoms with van der Waals surface area (Å²) >= 11 is 0. The molecule has 0 unspecified atom stereocenters. The minimum absolute atomic E-state index is 0.0954. The SMILES string of the molecule is CC(C)C[C@H](NCC(=O)[C@@H](C)NC(=O)OCC1c2ccccc2-c2ccccc21)C(=O)CN[C@@H](CC(C)C)C(=O)CN[C@H](C(=O)O)C(C)C. The minimum Gasteiger partial charge on any atom is -0.480 e. The number of carbonyl (C=O) groups excluding carboxylic acids is 4. The molecule has 0 heterocycles. The highest BCUT2D eigenvalue weighted by molar-refractivity contribution is 5.91. The second-order valence-corrected chi connectivity index (χ2v) is 14.2. The van der Waals surface area contributed by atoms with Crippen molar-refractivity contribution in [1.29, 1.82) is 0 Å². The van der Waals surface area contributed by atoms with Crippen LogP contribution in [0.15, 0.2) is 48.5 Å². The number of ketones is 3. The molecule has 268 valence electrons. The van der Waals surface area contributed by atoms with E-state index in [1.807, 2.05) is 64.1 Å². The molecular formula is C38H54N4O7. The van der Waals surface area contributed by atoms with E-state index in [0.29, 0.717) is 12.8 Å². The van der Waals surface area contributed by atoms with Gasteiger partial charge in [-0.3, -0.25) is 24.5 Å². The highest BCUT2D eigenvalue weighted by atomic mass is 16.5. The van der Waals surface area contributed by atoms with Crippen LogP contribution in [0.2, 0.25) is 0 Å². The highest BCUT2D eigenvalue weighted by Gasteiger charge is 2.30. The average molecular weight is 679 g/mol. The number of rotatable bonds is 21. The monoisotopic (exact) mass is 678 g/mol. The largest absolute Gasteiger partial charge is 0.480 e. The van der Waals surface area contributed by atoms with Crippen molar-refractivity contribution in [3.8, 4) is 11.1 Å². The third kappa shape index (κ3) is 11.6. The van der Waals surface area contributed by atoms with Crippen LogP contribution in [0.3, 0.4) is 0 Å². The van der Waals surface area contributed by atoms with E-state index in [-0.39, 0.29) is 67.3 Å². The van der Waals surface area contributed by atoms with Crippen molar-refractivity contribution >= 4 is 29.4 Å². The first-order valence-electron chi connectivity index (χ1n) is 17.3. The molecule has 1 aliphatic carbocycles. The van der Waals surface area contributed by atoms with E-state index in [4.69, 9.17) is 4.74 Å². The van der Waals surface area contributed by atoms with Gasteiger partial charge in [0.1, 0.15) is 12.6 Å². The lowest BCUT2D eigenvalue weighted by molar-refractivity contribution is -0.140. The van der Waals surface area contributed by atoms with Crippen molar-refractivity contribution in [3.05, 3.63) is 59.7 Å². The van der Waals surface area contributed by atoms with E-state index in [0.717, 1.165) is 22.3 Å². The third-order valence-electron chi connectivity index (χ3n) is 8.83. The number of hydrogen-bond donors (Lipinski definition) is 5. The van der Waals surface area contributed by atoms with Crippen molar-refractivity contribution in [2.24, 2.45) is 17.8 Å². The summed E-state index contributed by atoms with van der Waals surface area (Å²) in [4.78, 5) is 63.7. The van der Waals surface area contributed by atoms with Crippen LogP contribution in [0.4, 0.5) is 4.79 Å². The predicted molar refractivity (Wildman–Crippen MR) is 189 cm³/mol. The molecule has 4 atom stereocenters. The number of carbonyl (C=O) groups is 5. The highest BCUT2D eigenvalue weighted by Crippen LogP contribution is 2.44. The molecule has 11 nitrogen and oxygen atoms in total. The lowest BCUT2D eigenvalue weighted by Crippen LogP contribution is -2.51. The standard InChI is InChI=1S/C38H54N4O7/c1-22(2)16-31(34(44)19-40-32(17-23(3)4)35(45)20-41-36(24(5)6)37(46)47)39-18-33(43)25(7)42-38(48)49-21-30-28-14-10-8-12-26(28)27-13-9-11-15-29(27)30/h8-15,22-25,30-32,36,39-41H,16-21H2,1-7H3,(H,42,48)(H,46,47)/t25-,31+,32+,36+/m1/s1. The first kappa shape index (κ1) is 39.5. The number of carboxylic acid groups (broad SMARTS) is 1. The molecule has 49 heavy (non-hydrogen) atoms. The van der Waals surface area contributed by atoms with E-state index in [2.05, 4.69) is 33.4 Å². The Bertz CT molecular complexity index is 1410. The summed E-state index contributed by atoms with van der Waals surface area (Å²) in [6.45, 7) is 12.8. The smallest absolute Gasteiger partial charge is 0.407 e. The van der Waals surface area contributed by atoms with E-state index in [9.17, 15) is 29.1 Å². The molecule has 0 bridgehead atoms. The zero-order valence-corrected chi connectivity index (χ0v) is 29.9. The van der Waals surface area contributed by atoms with Gasteiger partial charge in [-0.2, -0.15) is 0 Å². The molecular weight excluding hydrogens is 624 g/mol. The second-order valence-electron chi connectivity index (χ2n) is 14.2. The zero-order chi connectivity index (χ0) is 36.2. The Morgan fingerprint density at radius 1 is 0.673 bits per heavy atom. The molecule has 0 aromatic heterocycles. The number of hydrogen-bond acceptors (Lipinski definition) is 9. The van der Waals surface area contributed by atoms with Crippen molar-refractivity contribution in [2.45, 2.75) is 91.4 Å². The van der Waals surface area contributed by atoms with Crippen LogP contribution in [0.25, 0.3) is 11.1 Å². The fraction of sp³-hybridized carbons (Fsp3) is 0.553. The quantitative estimate of drug-likeness (QED) is 0.129. The number of Topliss-reactive ketones (excluding diaryl/α,β-unsaturated/α-hetero) is 3. The maximum atomic E-state index is 13.4. The van der Waals surface area contributed by atoms with E-state index < -0.39 is 36.2 Å². The summed E-state index contributed by atoms with van der Waals surface area (Å²) in [7, 11) is 0. The normalized spacial score (nSPS) is 15.0. The maximum Gasteiger partial charge on any atom is 0.407 e. The number of benzene rings is 2. The Balaban J connectivity index is 1.52. The van der Waals surface area contributed by atoms with Gasteiger partial charge in [0.15, 0.2) is 17.3 Å². The van der Waals surface area contributed by atoms with Crippen molar-refractivity contribution in [3.63, 3.8) is 0 Å². The van der Waals surface area contributed by atoms with Gasteiger partial charge in [0, 0.05) is 5.92 Å². The lowest BCUT2D eigenvalue weighted by Gasteiger charge is -2.24. The molecule has 1 aliphatic rings. The summed E-state index contributed by atoms with van der Waals surface area (Å²) < 4.78 is 5.59. The minimum atomic E-state index is -1.02. The first-order valence-corrected chi connectivity index (χ1v) is 17.3. The van der Waals surface area contributed by atoms with Gasteiger partial charge in [-0.25, -0.2) is 4.79 Å². The van der Waals surface area contributed by atoms with Gasteiger partial charge in [-0.1, -0.05) is 90.1 Å². The fourth-order valence-electron chi connectivity index (χ4n) is 6.16. The summed E-state index contributed by atoms with van der Waals surface area (Å²) in [5, 5.41) is 21.1. The van der Waals surface area contributed by atoms with Gasteiger partial charge in [0.25, 0.3) is 0 Å². The van der Waals surface area contributed by atoms with Crippen LogP contribution in [-0.2, 0) is 23.9 Å². The van der Waals surface area contributed by atoms with Gasteiger partial charge in [-0.05, 0) is 59.8 Å². The maximum absolute atomic E-state index is 13.4. The Morgan fingerprint density at radius 3 is 1.57 bits per heavy atom. The molecule has 0 fully saturated rings. The van der Waals surface area contributed by atoms with Gasteiger partial charge in [0.05, 0.1) is 37.8 Å². The number of aliphatic carboxylic acids is 1. The molecule has 0 spiro atoms. The molecule has 3 rings (SSSR count). The third-order valence-corrected chi connectivity index (χ3v) is 8.83. The van der Waals surface area contributed by atoms with Crippen molar-refractivity contribution in [1.82, 2.24) is 21.3 Å². The lowest BCUT2D eigenvalue weighted by atomic mass is 9.97. The fourth-order valence-corrected chi connectivity index (χ4v) is 6.16. The van der Waals surface area contributed by atoms with E-state index in [1.165, 1.54) is 0 Å². The Morgan fingerprint density at radius 2 is 1.12 bits per heavy atom. The molecule has 0 radical (unpaired) electrons. The van der Waals surface area contributed by atoms with Crippen LogP contribution >= 0.6 is 0 Å². The predicted octanol–water partition coefficient (Wildman–Crippen LogP) is 4.33. The van der Waals surface area contributed by atoms with E-state index in [1.54, 1.807) is 20.8 Å². The van der Waals surface area contributed by atoms with Gasteiger partial charge >= 0.3 is 12.1 Å². The number of alkyl carbamates (subject to hydrolysis) is 1. The molecule has 0 saturated heterocycles. The van der Waals surface area contributed by atoms with Crippen molar-refractivity contribution in [2.75, 3.05) is 26.2 Å². The molecule has 0 saturated carbocycles. The average Bonchev–Trinajstić information content (AvgIpc) is 3.36. The van der Waals surface area contributed by atoms with Gasteiger partial charge in [0.2, 0.25) is 0 Å². The first-order chi connectivity index (χ1) is 23.2. The Labute approximate surface area is 290 Å². The number of nitrogens with one attached hydrogen (secondary N) is 4. The summed E-state index contributed by atoms with van der Waals surface area (Å²) in [5.41, 5.74) is 4.43. The summed E-state index contributed by atoms with van der Waals surface area (Å²) in [6, 6.07) is 13.1. The van der Waals surface area contributed by atoms with Gasteiger partial charge < -0.3 is 25.8 Å². The van der Waals surface area contributed by atoms with Crippen LogP contribution < -0.4 is 21.3 Å². The van der Waals surface area contributed by atoms with Crippen LogP contribution in [0.1, 0.15) is 78.4 Å². The van der Waals surface area contributed by atoms with Crippen LogP contribution in [0.5, 0.6) is 0 Å². The zero-order valence-electron chi connectivity index (χ0n) is 29.9. The number of amides is 1. The van der Waals surface area contributed by atoms with Crippen LogP contribution in [0, 0.1) is 17.8 Å². The van der Waals surface area contributed by atoms with Crippen molar-refractivity contribution < 1.29 is 33.8 Å². The molecule has 2 aromatic rings. The Hall–Kier alpha value is -3.93. The van der Waals surface area contributed by atoms with E-state index >= 15 is 0 Å². The topological polar surface area (TPSA) is 163 Å².